The summed E-state index contributed by atoms with van der Waals surface area (Å²) in [6, 6.07) is 4.85. The van der Waals surface area contributed by atoms with E-state index in [1.54, 1.807) is 6.07 Å². The van der Waals surface area contributed by atoms with E-state index in [9.17, 15) is 13.2 Å². The Labute approximate surface area is 126 Å². The van der Waals surface area contributed by atoms with E-state index in [1.807, 2.05) is 6.26 Å². The largest absolute Gasteiger partial charge is 0.499 e. The molecule has 0 bridgehead atoms. The maximum absolute atomic E-state index is 13.5. The minimum Gasteiger partial charge on any atom is -0.499 e. The average molecular weight is 314 g/mol. The molecule has 1 nitrogen and oxygen atoms in total. The Morgan fingerprint density at radius 3 is 2.76 bits per heavy atom. The number of hydrogen-bond acceptors (Lipinski definition) is 1. The van der Waals surface area contributed by atoms with Crippen molar-refractivity contribution in [2.24, 2.45) is 0 Å². The van der Waals surface area contributed by atoms with Crippen LogP contribution in [0, 0.1) is 5.82 Å². The molecule has 1 aliphatic rings. The van der Waals surface area contributed by atoms with Gasteiger partial charge in [0.05, 0.1) is 27.4 Å². The van der Waals surface area contributed by atoms with Gasteiger partial charge in [-0.3, -0.25) is 0 Å². The maximum atomic E-state index is 13.5. The number of hydrogen-bond donors (Lipinski definition) is 0. The van der Waals surface area contributed by atoms with Gasteiger partial charge in [-0.1, -0.05) is 30.7 Å². The highest BCUT2D eigenvalue weighted by molar-refractivity contribution is 6.44. The molecule has 0 aliphatic carbocycles. The Morgan fingerprint density at radius 1 is 1.38 bits per heavy atom. The highest BCUT2D eigenvalue weighted by Crippen LogP contribution is 2.24. The third-order valence-electron chi connectivity index (χ3n) is 3.86. The molecule has 1 aliphatic heterocycles. The molecule has 1 atom stereocenters. The predicted molar refractivity (Wildman–Crippen MR) is 80.7 cm³/mol. The first-order chi connectivity index (χ1) is 10.1. The second-order valence-corrected chi connectivity index (χ2v) is 7.43. The topological polar surface area (TPSA) is 9.23 Å². The predicted octanol–water partition coefficient (Wildman–Crippen LogP) is 4.25. The van der Waals surface area contributed by atoms with Gasteiger partial charge < -0.3 is 4.74 Å². The lowest BCUT2D eigenvalue weighted by Crippen LogP contribution is -2.17. The van der Waals surface area contributed by atoms with E-state index in [1.165, 1.54) is 17.3 Å². The second kappa shape index (κ2) is 7.68. The first kappa shape index (κ1) is 16.1. The molecular formula is C16H21F3OSi. The molecule has 21 heavy (non-hydrogen) atoms. The van der Waals surface area contributed by atoms with Crippen molar-refractivity contribution in [2.45, 2.75) is 51.2 Å². The van der Waals surface area contributed by atoms with Gasteiger partial charge in [-0.25, -0.2) is 13.2 Å². The molecule has 2 rings (SSSR count). The number of halogens is 3. The molecule has 0 spiro atoms. The van der Waals surface area contributed by atoms with Crippen LogP contribution in [0.3, 0.4) is 0 Å². The van der Waals surface area contributed by atoms with Gasteiger partial charge in [0.2, 0.25) is 0 Å². The quantitative estimate of drug-likeness (QED) is 0.713. The Hall–Kier alpha value is -1.23. The normalized spacial score (nSPS) is 19.1. The van der Waals surface area contributed by atoms with E-state index in [2.05, 4.69) is 6.92 Å². The fourth-order valence-corrected chi connectivity index (χ4v) is 4.18. The Balaban J connectivity index is 1.88. The van der Waals surface area contributed by atoms with Gasteiger partial charge >= 0.3 is 0 Å². The number of rotatable bonds is 6. The molecule has 0 aromatic heterocycles. The summed E-state index contributed by atoms with van der Waals surface area (Å²) in [6.07, 6.45) is 3.82. The molecule has 116 valence electrons. The van der Waals surface area contributed by atoms with Crippen LogP contribution in [0.2, 0.25) is 0 Å². The van der Waals surface area contributed by atoms with Crippen LogP contribution in [0.5, 0.6) is 0 Å². The molecule has 1 unspecified atom stereocenters. The SMILES string of the molecule is CCCC1CCC([SiH2]Cc2ccc(C(F)F)c(F)c2)=CO1. The molecule has 0 fully saturated rings. The molecule has 1 aromatic carbocycles. The molecule has 0 N–H and O–H groups in total. The van der Waals surface area contributed by atoms with Crippen molar-refractivity contribution in [2.75, 3.05) is 0 Å². The highest BCUT2D eigenvalue weighted by Gasteiger charge is 2.16. The van der Waals surface area contributed by atoms with Crippen LogP contribution < -0.4 is 0 Å². The summed E-state index contributed by atoms with van der Waals surface area (Å²) < 4.78 is 44.1. The van der Waals surface area contributed by atoms with Gasteiger partial charge in [-0.05, 0) is 36.9 Å². The number of ether oxygens (including phenoxy) is 1. The van der Waals surface area contributed by atoms with Gasteiger partial charge in [0.25, 0.3) is 6.43 Å². The third kappa shape index (κ3) is 4.63. The summed E-state index contributed by atoms with van der Waals surface area (Å²) in [4.78, 5) is 0. The maximum Gasteiger partial charge on any atom is 0.266 e. The Morgan fingerprint density at radius 2 is 2.19 bits per heavy atom. The molecule has 5 heteroatoms. The zero-order chi connectivity index (χ0) is 15.2. The lowest BCUT2D eigenvalue weighted by molar-refractivity contribution is 0.113. The van der Waals surface area contributed by atoms with Crippen molar-refractivity contribution < 1.29 is 17.9 Å². The van der Waals surface area contributed by atoms with Crippen molar-refractivity contribution >= 4 is 9.52 Å². The molecule has 0 saturated heterocycles. The standard InChI is InChI=1S/C16H21F3OSi/c1-2-3-12-5-6-13(9-20-12)21-10-11-4-7-14(16(18)19)15(17)8-11/h4,7-9,12,16H,2-3,5-6,10,21H2,1H3. The fraction of sp³-hybridized carbons (Fsp3) is 0.500. The molecule has 1 heterocycles. The highest BCUT2D eigenvalue weighted by atomic mass is 28.2. The minimum absolute atomic E-state index is 0.343. The van der Waals surface area contributed by atoms with Gasteiger partial charge in [0.15, 0.2) is 0 Å². The van der Waals surface area contributed by atoms with Crippen molar-refractivity contribution in [1.29, 1.82) is 0 Å². The van der Waals surface area contributed by atoms with E-state index in [0.717, 1.165) is 37.3 Å². The number of allylic oxidation sites excluding steroid dienone is 1. The zero-order valence-corrected chi connectivity index (χ0v) is 13.7. The monoisotopic (exact) mass is 314 g/mol. The van der Waals surface area contributed by atoms with Crippen LogP contribution in [0.1, 0.15) is 50.2 Å². The van der Waals surface area contributed by atoms with Gasteiger partial charge in [0, 0.05) is 0 Å². The van der Waals surface area contributed by atoms with Crippen LogP contribution in [-0.4, -0.2) is 15.6 Å². The summed E-state index contributed by atoms with van der Waals surface area (Å²) in [5, 5.41) is 1.35. The first-order valence-corrected chi connectivity index (χ1v) is 9.20. The van der Waals surface area contributed by atoms with E-state index in [0.29, 0.717) is 6.10 Å². The number of alkyl halides is 2. The van der Waals surface area contributed by atoms with Crippen molar-refractivity contribution in [3.05, 3.63) is 46.6 Å². The van der Waals surface area contributed by atoms with Crippen molar-refractivity contribution in [3.63, 3.8) is 0 Å². The second-order valence-electron chi connectivity index (χ2n) is 5.52. The first-order valence-electron chi connectivity index (χ1n) is 7.50. The van der Waals surface area contributed by atoms with E-state index in [-0.39, 0.29) is 0 Å². The fourth-order valence-electron chi connectivity index (χ4n) is 2.59. The number of benzene rings is 1. The molecule has 0 radical (unpaired) electrons. The average Bonchev–Trinajstić information content (AvgIpc) is 2.46. The third-order valence-corrected chi connectivity index (χ3v) is 5.85. The molecule has 0 amide bonds. The van der Waals surface area contributed by atoms with Gasteiger partial charge in [-0.15, -0.1) is 0 Å². The summed E-state index contributed by atoms with van der Waals surface area (Å²) in [5.74, 6) is -0.798. The molecule has 0 saturated carbocycles. The summed E-state index contributed by atoms with van der Waals surface area (Å²) >= 11 is 0. The molecular weight excluding hydrogens is 293 g/mol. The van der Waals surface area contributed by atoms with E-state index >= 15 is 0 Å². The minimum atomic E-state index is -2.75. The van der Waals surface area contributed by atoms with E-state index < -0.39 is 27.3 Å². The van der Waals surface area contributed by atoms with Gasteiger partial charge in [0.1, 0.15) is 5.82 Å². The van der Waals surface area contributed by atoms with Crippen molar-refractivity contribution in [3.8, 4) is 0 Å². The lowest BCUT2D eigenvalue weighted by atomic mass is 10.1. The van der Waals surface area contributed by atoms with Crippen LogP contribution in [-0.2, 0) is 10.8 Å². The lowest BCUT2D eigenvalue weighted by Gasteiger charge is -2.22. The summed E-state index contributed by atoms with van der Waals surface area (Å²) in [7, 11) is -0.535. The van der Waals surface area contributed by atoms with Crippen LogP contribution in [0.15, 0.2) is 29.7 Å². The van der Waals surface area contributed by atoms with Gasteiger partial charge in [-0.2, -0.15) is 0 Å². The van der Waals surface area contributed by atoms with E-state index in [4.69, 9.17) is 4.74 Å². The van der Waals surface area contributed by atoms with Crippen LogP contribution in [0.25, 0.3) is 0 Å². The zero-order valence-electron chi connectivity index (χ0n) is 12.2. The summed E-state index contributed by atoms with van der Waals surface area (Å²) in [5.41, 5.74) is 0.295. The molecule has 1 aromatic rings. The summed E-state index contributed by atoms with van der Waals surface area (Å²) in [6.45, 7) is 2.15. The van der Waals surface area contributed by atoms with Crippen LogP contribution >= 0.6 is 0 Å². The Bertz CT molecular complexity index is 502. The smallest absolute Gasteiger partial charge is 0.266 e. The Kier molecular flexibility index (Phi) is 5.91. The van der Waals surface area contributed by atoms with Crippen LogP contribution in [0.4, 0.5) is 13.2 Å². The van der Waals surface area contributed by atoms with Crippen molar-refractivity contribution in [1.82, 2.24) is 0 Å².